The number of ether oxygens (including phenoxy) is 2. The molecule has 0 bridgehead atoms. The summed E-state index contributed by atoms with van der Waals surface area (Å²) < 4.78 is 10.5. The average Bonchev–Trinajstić information content (AvgIpc) is 2.97. The van der Waals surface area contributed by atoms with Crippen molar-refractivity contribution >= 4 is 5.69 Å². The Bertz CT molecular complexity index is 617. The third-order valence-corrected chi connectivity index (χ3v) is 3.93. The van der Waals surface area contributed by atoms with Crippen LogP contribution in [-0.2, 0) is 6.42 Å². The van der Waals surface area contributed by atoms with Crippen LogP contribution in [0.15, 0.2) is 42.5 Å². The maximum atomic E-state index is 10.6. The highest BCUT2D eigenvalue weighted by Gasteiger charge is 2.28. The molecule has 0 spiro atoms. The van der Waals surface area contributed by atoms with Gasteiger partial charge in [-0.3, -0.25) is 0 Å². The van der Waals surface area contributed by atoms with E-state index < -0.39 is 6.10 Å². The summed E-state index contributed by atoms with van der Waals surface area (Å²) in [4.78, 5) is 0. The molecule has 2 aromatic rings. The van der Waals surface area contributed by atoms with E-state index in [1.165, 1.54) is 5.56 Å². The predicted octanol–water partition coefficient (Wildman–Crippen LogP) is 2.77. The number of hydrogen-bond donors (Lipinski definition) is 2. The number of hydrogen-bond acceptors (Lipinski definition) is 4. The maximum absolute atomic E-state index is 10.6. The third-order valence-electron chi connectivity index (χ3n) is 3.93. The molecule has 4 heteroatoms. The molecule has 2 N–H and O–H groups in total. The molecule has 0 saturated heterocycles. The molecule has 0 saturated carbocycles. The Morgan fingerprint density at radius 3 is 2.57 bits per heavy atom. The van der Waals surface area contributed by atoms with Crippen molar-refractivity contribution < 1.29 is 14.6 Å². The lowest BCUT2D eigenvalue weighted by molar-refractivity contribution is 0.156. The normalized spacial score (nSPS) is 17.8. The molecule has 0 amide bonds. The zero-order valence-corrected chi connectivity index (χ0v) is 12.2. The molecular weight excluding hydrogens is 266 g/mol. The van der Waals surface area contributed by atoms with Gasteiger partial charge in [-0.15, -0.1) is 0 Å². The Morgan fingerprint density at radius 1 is 1.10 bits per heavy atom. The second-order valence-corrected chi connectivity index (χ2v) is 5.17. The van der Waals surface area contributed by atoms with E-state index in [9.17, 15) is 5.11 Å². The number of methoxy groups -OCH3 is 2. The highest BCUT2D eigenvalue weighted by atomic mass is 16.5. The molecule has 21 heavy (non-hydrogen) atoms. The van der Waals surface area contributed by atoms with E-state index in [0.29, 0.717) is 11.5 Å². The van der Waals surface area contributed by atoms with Crippen molar-refractivity contribution in [1.29, 1.82) is 0 Å². The van der Waals surface area contributed by atoms with Crippen molar-refractivity contribution in [3.8, 4) is 11.5 Å². The maximum Gasteiger partial charge on any atom is 0.161 e. The van der Waals surface area contributed by atoms with Gasteiger partial charge in [0.05, 0.1) is 26.4 Å². The third kappa shape index (κ3) is 2.54. The zero-order chi connectivity index (χ0) is 14.8. The van der Waals surface area contributed by atoms with Gasteiger partial charge in [0, 0.05) is 5.69 Å². The van der Waals surface area contributed by atoms with Crippen molar-refractivity contribution in [2.24, 2.45) is 0 Å². The van der Waals surface area contributed by atoms with E-state index in [1.807, 2.05) is 36.4 Å². The first-order valence-electron chi connectivity index (χ1n) is 6.97. The van der Waals surface area contributed by atoms with Crippen molar-refractivity contribution in [1.82, 2.24) is 0 Å². The summed E-state index contributed by atoms with van der Waals surface area (Å²) in [5, 5.41) is 14.0. The van der Waals surface area contributed by atoms with Gasteiger partial charge in [-0.25, -0.2) is 0 Å². The molecule has 0 fully saturated rings. The van der Waals surface area contributed by atoms with Gasteiger partial charge in [0.25, 0.3) is 0 Å². The summed E-state index contributed by atoms with van der Waals surface area (Å²) in [7, 11) is 3.20. The molecule has 0 radical (unpaired) electrons. The minimum absolute atomic E-state index is 0.0273. The summed E-state index contributed by atoms with van der Waals surface area (Å²) >= 11 is 0. The summed E-state index contributed by atoms with van der Waals surface area (Å²) in [5.41, 5.74) is 3.15. The zero-order valence-electron chi connectivity index (χ0n) is 12.2. The van der Waals surface area contributed by atoms with Gasteiger partial charge < -0.3 is 19.9 Å². The number of rotatable bonds is 4. The molecule has 1 aliphatic rings. The lowest BCUT2D eigenvalue weighted by Gasteiger charge is -2.20. The average molecular weight is 285 g/mol. The predicted molar refractivity (Wildman–Crippen MR) is 82.1 cm³/mol. The fourth-order valence-corrected chi connectivity index (χ4v) is 2.79. The summed E-state index contributed by atoms with van der Waals surface area (Å²) in [6, 6.07) is 13.6. The molecule has 2 atom stereocenters. The fraction of sp³-hybridized carbons (Fsp3) is 0.294. The second kappa shape index (κ2) is 5.66. The fourth-order valence-electron chi connectivity index (χ4n) is 2.79. The van der Waals surface area contributed by atoms with Crippen molar-refractivity contribution in [3.05, 3.63) is 53.6 Å². The van der Waals surface area contributed by atoms with E-state index in [1.54, 1.807) is 14.2 Å². The number of benzene rings is 2. The number of aliphatic hydroxyl groups excluding tert-OH is 1. The first kappa shape index (κ1) is 13.8. The monoisotopic (exact) mass is 285 g/mol. The number of para-hydroxylation sites is 1. The van der Waals surface area contributed by atoms with Crippen LogP contribution in [0.3, 0.4) is 0 Å². The molecule has 0 aromatic heterocycles. The first-order chi connectivity index (χ1) is 10.2. The van der Waals surface area contributed by atoms with Crippen LogP contribution < -0.4 is 14.8 Å². The second-order valence-electron chi connectivity index (χ2n) is 5.17. The summed E-state index contributed by atoms with van der Waals surface area (Å²) in [5.74, 6) is 1.29. The van der Waals surface area contributed by atoms with Crippen LogP contribution in [0.4, 0.5) is 5.69 Å². The Kier molecular flexibility index (Phi) is 3.71. The van der Waals surface area contributed by atoms with E-state index >= 15 is 0 Å². The van der Waals surface area contributed by atoms with Crippen LogP contribution in [-0.4, -0.2) is 25.4 Å². The van der Waals surface area contributed by atoms with Gasteiger partial charge in [0.1, 0.15) is 0 Å². The minimum Gasteiger partial charge on any atom is -0.493 e. The van der Waals surface area contributed by atoms with E-state index in [-0.39, 0.29) is 6.04 Å². The van der Waals surface area contributed by atoms with Gasteiger partial charge in [-0.05, 0) is 35.7 Å². The smallest absolute Gasteiger partial charge is 0.161 e. The topological polar surface area (TPSA) is 50.7 Å². The molecule has 0 aliphatic carbocycles. The van der Waals surface area contributed by atoms with Crippen LogP contribution >= 0.6 is 0 Å². The molecule has 3 rings (SSSR count). The van der Waals surface area contributed by atoms with Gasteiger partial charge in [0.2, 0.25) is 0 Å². The minimum atomic E-state index is -0.600. The molecule has 110 valence electrons. The van der Waals surface area contributed by atoms with Gasteiger partial charge >= 0.3 is 0 Å². The van der Waals surface area contributed by atoms with E-state index in [4.69, 9.17) is 9.47 Å². The molecule has 2 unspecified atom stereocenters. The highest BCUT2D eigenvalue weighted by Crippen LogP contribution is 2.35. The Balaban J connectivity index is 1.82. The van der Waals surface area contributed by atoms with Crippen molar-refractivity contribution in [2.75, 3.05) is 19.5 Å². The van der Waals surface area contributed by atoms with E-state index in [0.717, 1.165) is 17.7 Å². The van der Waals surface area contributed by atoms with Crippen LogP contribution in [0.25, 0.3) is 0 Å². The SMILES string of the molecule is COc1ccc(C(O)C2Cc3ccccc3N2)cc1OC. The van der Waals surface area contributed by atoms with Crippen LogP contribution in [0.5, 0.6) is 11.5 Å². The lowest BCUT2D eigenvalue weighted by atomic mass is 9.99. The number of fused-ring (bicyclic) bond motifs is 1. The van der Waals surface area contributed by atoms with Crippen LogP contribution in [0.1, 0.15) is 17.2 Å². The largest absolute Gasteiger partial charge is 0.493 e. The lowest BCUT2D eigenvalue weighted by Crippen LogP contribution is -2.24. The van der Waals surface area contributed by atoms with Crippen molar-refractivity contribution in [3.63, 3.8) is 0 Å². The van der Waals surface area contributed by atoms with E-state index in [2.05, 4.69) is 11.4 Å². The van der Waals surface area contributed by atoms with Crippen molar-refractivity contribution in [2.45, 2.75) is 18.6 Å². The number of aliphatic hydroxyl groups is 1. The molecule has 4 nitrogen and oxygen atoms in total. The number of anilines is 1. The first-order valence-corrected chi connectivity index (χ1v) is 6.97. The Morgan fingerprint density at radius 2 is 1.86 bits per heavy atom. The Labute approximate surface area is 124 Å². The molecule has 1 heterocycles. The van der Waals surface area contributed by atoms with Gasteiger partial charge in [-0.2, -0.15) is 0 Å². The molecular formula is C17H19NO3. The summed E-state index contributed by atoms with van der Waals surface area (Å²) in [6.07, 6.45) is 0.211. The Hall–Kier alpha value is -2.20. The standard InChI is InChI=1S/C17H19NO3/c1-20-15-8-7-12(10-16(15)21-2)17(19)14-9-11-5-3-4-6-13(11)18-14/h3-8,10,14,17-19H,9H2,1-2H3. The van der Waals surface area contributed by atoms with Crippen LogP contribution in [0, 0.1) is 0 Å². The molecule has 1 aliphatic heterocycles. The quantitative estimate of drug-likeness (QED) is 0.907. The summed E-state index contributed by atoms with van der Waals surface area (Å²) in [6.45, 7) is 0. The molecule has 2 aromatic carbocycles. The van der Waals surface area contributed by atoms with Crippen LogP contribution in [0.2, 0.25) is 0 Å². The highest BCUT2D eigenvalue weighted by molar-refractivity contribution is 5.57. The van der Waals surface area contributed by atoms with Gasteiger partial charge in [-0.1, -0.05) is 24.3 Å². The van der Waals surface area contributed by atoms with Gasteiger partial charge in [0.15, 0.2) is 11.5 Å². The number of nitrogens with one attached hydrogen (secondary N) is 1.